The Morgan fingerprint density at radius 1 is 0.865 bits per heavy atom. The molecule has 0 saturated carbocycles. The van der Waals surface area contributed by atoms with Crippen LogP contribution in [0.25, 0.3) is 10.8 Å². The molecule has 0 fully saturated rings. The van der Waals surface area contributed by atoms with E-state index in [9.17, 15) is 9.59 Å². The predicted molar refractivity (Wildman–Crippen MR) is 144 cm³/mol. The molecule has 2 amide bonds. The van der Waals surface area contributed by atoms with Crippen molar-refractivity contribution in [1.82, 2.24) is 5.43 Å². The summed E-state index contributed by atoms with van der Waals surface area (Å²) in [4.78, 5) is 25.3. The zero-order valence-corrected chi connectivity index (χ0v) is 20.8. The van der Waals surface area contributed by atoms with Crippen LogP contribution in [-0.4, -0.2) is 38.9 Å². The second kappa shape index (κ2) is 11.7. The summed E-state index contributed by atoms with van der Waals surface area (Å²) >= 11 is 0. The standard InChI is InChI=1S/C29H27N3O5/c1-19-11-13-23(14-12-19)31-27(33)18-37-28-22(9-6-10-25(28)35-2)17-30-32-29(34)24-15-20-7-4-5-8-21(20)16-26(24)36-3/h4-17H,18H2,1-3H3,(H,31,33)(H,32,34)/b30-17-. The number of aryl methyl sites for hydroxylation is 1. The van der Waals surface area contributed by atoms with Crippen molar-refractivity contribution in [2.75, 3.05) is 26.1 Å². The maximum Gasteiger partial charge on any atom is 0.275 e. The number of methoxy groups -OCH3 is 2. The minimum atomic E-state index is -0.429. The Labute approximate surface area is 214 Å². The number of fused-ring (bicyclic) bond motifs is 1. The molecule has 0 spiro atoms. The smallest absolute Gasteiger partial charge is 0.275 e. The largest absolute Gasteiger partial charge is 0.496 e. The van der Waals surface area contributed by atoms with Crippen molar-refractivity contribution in [3.8, 4) is 17.2 Å². The maximum atomic E-state index is 12.9. The average Bonchev–Trinajstić information content (AvgIpc) is 2.92. The van der Waals surface area contributed by atoms with Crippen LogP contribution in [0.1, 0.15) is 21.5 Å². The van der Waals surface area contributed by atoms with Gasteiger partial charge in [-0.1, -0.05) is 48.0 Å². The van der Waals surface area contributed by atoms with Gasteiger partial charge in [0.05, 0.1) is 26.0 Å². The molecule has 0 aliphatic heterocycles. The highest BCUT2D eigenvalue weighted by Crippen LogP contribution is 2.30. The molecule has 0 heterocycles. The van der Waals surface area contributed by atoms with Gasteiger partial charge in [0.2, 0.25) is 0 Å². The van der Waals surface area contributed by atoms with E-state index in [4.69, 9.17) is 14.2 Å². The summed E-state index contributed by atoms with van der Waals surface area (Å²) in [6, 6.07) is 23.9. The normalized spacial score (nSPS) is 10.8. The summed E-state index contributed by atoms with van der Waals surface area (Å²) in [6.07, 6.45) is 1.43. The van der Waals surface area contributed by atoms with Crippen LogP contribution in [-0.2, 0) is 4.79 Å². The van der Waals surface area contributed by atoms with Crippen molar-refractivity contribution in [3.05, 3.63) is 95.6 Å². The average molecular weight is 498 g/mol. The van der Waals surface area contributed by atoms with Crippen LogP contribution in [0.5, 0.6) is 17.2 Å². The van der Waals surface area contributed by atoms with Gasteiger partial charge in [-0.2, -0.15) is 5.10 Å². The summed E-state index contributed by atoms with van der Waals surface area (Å²) in [5.41, 5.74) is 5.17. The van der Waals surface area contributed by atoms with Crippen molar-refractivity contribution < 1.29 is 23.8 Å². The van der Waals surface area contributed by atoms with Gasteiger partial charge in [0.25, 0.3) is 11.8 Å². The number of hydrazone groups is 1. The zero-order valence-electron chi connectivity index (χ0n) is 20.8. The number of carbonyl (C=O) groups excluding carboxylic acids is 2. The zero-order chi connectivity index (χ0) is 26.2. The minimum Gasteiger partial charge on any atom is -0.496 e. The molecule has 0 aliphatic carbocycles. The summed E-state index contributed by atoms with van der Waals surface area (Å²) in [5, 5.41) is 8.75. The second-order valence-corrected chi connectivity index (χ2v) is 8.18. The molecule has 0 unspecified atom stereocenters. The number of para-hydroxylation sites is 1. The Morgan fingerprint density at radius 2 is 1.57 bits per heavy atom. The summed E-state index contributed by atoms with van der Waals surface area (Å²) in [6.45, 7) is 1.73. The van der Waals surface area contributed by atoms with E-state index in [-0.39, 0.29) is 12.5 Å². The van der Waals surface area contributed by atoms with Crippen LogP contribution in [0.4, 0.5) is 5.69 Å². The van der Waals surface area contributed by atoms with Crippen LogP contribution in [0.3, 0.4) is 0 Å². The van der Waals surface area contributed by atoms with Gasteiger partial charge in [0.15, 0.2) is 18.1 Å². The van der Waals surface area contributed by atoms with Crippen LogP contribution < -0.4 is 25.0 Å². The van der Waals surface area contributed by atoms with E-state index in [0.717, 1.165) is 16.3 Å². The van der Waals surface area contributed by atoms with Gasteiger partial charge in [-0.3, -0.25) is 9.59 Å². The van der Waals surface area contributed by atoms with Crippen molar-refractivity contribution in [2.24, 2.45) is 5.10 Å². The minimum absolute atomic E-state index is 0.240. The number of benzene rings is 4. The Hall–Kier alpha value is -4.85. The Morgan fingerprint density at radius 3 is 2.27 bits per heavy atom. The molecule has 8 heteroatoms. The van der Waals surface area contributed by atoms with Crippen molar-refractivity contribution >= 4 is 34.5 Å². The topological polar surface area (TPSA) is 98.2 Å². The second-order valence-electron chi connectivity index (χ2n) is 8.18. The molecule has 0 saturated heterocycles. The predicted octanol–water partition coefficient (Wildman–Crippen LogP) is 4.95. The lowest BCUT2D eigenvalue weighted by molar-refractivity contribution is -0.118. The molecule has 4 aromatic rings. The number of nitrogens with one attached hydrogen (secondary N) is 2. The van der Waals surface area contributed by atoms with E-state index >= 15 is 0 Å². The molecule has 0 aliphatic rings. The van der Waals surface area contributed by atoms with E-state index in [2.05, 4.69) is 15.8 Å². The van der Waals surface area contributed by atoms with Crippen molar-refractivity contribution in [3.63, 3.8) is 0 Å². The number of hydrogen-bond acceptors (Lipinski definition) is 6. The SMILES string of the molecule is COc1cc2ccccc2cc1C(=O)N/N=C\c1cccc(OC)c1OCC(=O)Nc1ccc(C)cc1. The van der Waals surface area contributed by atoms with Crippen molar-refractivity contribution in [2.45, 2.75) is 6.92 Å². The molecule has 0 bridgehead atoms. The molecular weight excluding hydrogens is 470 g/mol. The van der Waals surface area contributed by atoms with Gasteiger partial charge >= 0.3 is 0 Å². The lowest BCUT2D eigenvalue weighted by atomic mass is 10.1. The monoisotopic (exact) mass is 497 g/mol. The van der Waals surface area contributed by atoms with Gasteiger partial charge in [-0.25, -0.2) is 5.43 Å². The number of rotatable bonds is 9. The highest BCUT2D eigenvalue weighted by Gasteiger charge is 2.15. The summed E-state index contributed by atoms with van der Waals surface area (Å²) in [5.74, 6) is 0.437. The van der Waals surface area contributed by atoms with E-state index in [1.807, 2.05) is 61.5 Å². The molecule has 8 nitrogen and oxygen atoms in total. The molecular formula is C29H27N3O5. The van der Waals surface area contributed by atoms with E-state index in [1.165, 1.54) is 20.4 Å². The molecule has 0 atom stereocenters. The lowest BCUT2D eigenvalue weighted by Crippen LogP contribution is -2.21. The van der Waals surface area contributed by atoms with E-state index < -0.39 is 5.91 Å². The van der Waals surface area contributed by atoms with Gasteiger partial charge in [-0.15, -0.1) is 0 Å². The summed E-state index contributed by atoms with van der Waals surface area (Å²) in [7, 11) is 3.02. The highest BCUT2D eigenvalue weighted by atomic mass is 16.5. The first-order valence-corrected chi connectivity index (χ1v) is 11.5. The van der Waals surface area contributed by atoms with E-state index in [1.54, 1.807) is 24.3 Å². The molecule has 37 heavy (non-hydrogen) atoms. The fraction of sp³-hybridized carbons (Fsp3) is 0.138. The van der Waals surface area contributed by atoms with Crippen LogP contribution in [0.2, 0.25) is 0 Å². The van der Waals surface area contributed by atoms with Gasteiger partial charge in [0.1, 0.15) is 5.75 Å². The first kappa shape index (κ1) is 25.2. The first-order chi connectivity index (χ1) is 18.0. The Balaban J connectivity index is 1.47. The van der Waals surface area contributed by atoms with Gasteiger partial charge < -0.3 is 19.5 Å². The van der Waals surface area contributed by atoms with Gasteiger partial charge in [-0.05, 0) is 54.1 Å². The van der Waals surface area contributed by atoms with E-state index in [0.29, 0.717) is 34.1 Å². The van der Waals surface area contributed by atoms with Crippen LogP contribution in [0, 0.1) is 6.92 Å². The highest BCUT2D eigenvalue weighted by molar-refractivity contribution is 6.02. The third kappa shape index (κ3) is 6.24. The van der Waals surface area contributed by atoms with Crippen molar-refractivity contribution in [1.29, 1.82) is 0 Å². The third-order valence-corrected chi connectivity index (χ3v) is 5.59. The number of carbonyl (C=O) groups is 2. The third-order valence-electron chi connectivity index (χ3n) is 5.59. The van der Waals surface area contributed by atoms with Crippen LogP contribution >= 0.6 is 0 Å². The number of hydrogen-bond donors (Lipinski definition) is 2. The fourth-order valence-electron chi connectivity index (χ4n) is 3.71. The Bertz CT molecular complexity index is 1450. The Kier molecular flexibility index (Phi) is 8.00. The maximum absolute atomic E-state index is 12.9. The van der Waals surface area contributed by atoms with Crippen LogP contribution in [0.15, 0.2) is 84.0 Å². The molecule has 4 aromatic carbocycles. The molecule has 2 N–H and O–H groups in total. The quantitative estimate of drug-likeness (QED) is 0.252. The van der Waals surface area contributed by atoms with Gasteiger partial charge in [0, 0.05) is 11.3 Å². The number of amides is 2. The molecule has 0 radical (unpaired) electrons. The lowest BCUT2D eigenvalue weighted by Gasteiger charge is -2.13. The molecule has 188 valence electrons. The molecule has 4 rings (SSSR count). The fourth-order valence-corrected chi connectivity index (χ4v) is 3.71. The number of ether oxygens (including phenoxy) is 3. The number of anilines is 1. The molecule has 0 aromatic heterocycles. The summed E-state index contributed by atoms with van der Waals surface area (Å²) < 4.78 is 16.6. The number of nitrogens with zero attached hydrogens (tertiary/aromatic N) is 1. The first-order valence-electron chi connectivity index (χ1n) is 11.5.